The Balaban J connectivity index is 1.69. The van der Waals surface area contributed by atoms with Gasteiger partial charge in [0.2, 0.25) is 5.09 Å². The number of nitrogens with two attached hydrogens (primary N) is 1. The first-order valence-electron chi connectivity index (χ1n) is 7.71. The van der Waals surface area contributed by atoms with Gasteiger partial charge < -0.3 is 13.9 Å². The van der Waals surface area contributed by atoms with Gasteiger partial charge >= 0.3 is 6.09 Å². The molecule has 8 nitrogen and oxygen atoms in total. The van der Waals surface area contributed by atoms with Crippen LogP contribution in [0.3, 0.4) is 0 Å². The summed E-state index contributed by atoms with van der Waals surface area (Å²) in [6.07, 6.45) is -0.737. The number of nitrogens with zero attached hydrogens (tertiary/aromatic N) is 1. The molecule has 1 fully saturated rings. The number of fused-ring (bicyclic) bond motifs is 1. The molecule has 1 atom stereocenters. The van der Waals surface area contributed by atoms with Crippen LogP contribution in [0, 0.1) is 0 Å². The van der Waals surface area contributed by atoms with E-state index in [1.165, 1.54) is 6.07 Å². The summed E-state index contributed by atoms with van der Waals surface area (Å²) in [7, 11) is -3.90. The minimum Gasteiger partial charge on any atom is -0.490 e. The Morgan fingerprint density at radius 3 is 2.64 bits per heavy atom. The van der Waals surface area contributed by atoms with Crippen molar-refractivity contribution in [1.82, 2.24) is 4.90 Å². The van der Waals surface area contributed by atoms with Crippen LogP contribution in [-0.4, -0.2) is 44.2 Å². The van der Waals surface area contributed by atoms with E-state index in [2.05, 4.69) is 0 Å². The summed E-state index contributed by atoms with van der Waals surface area (Å²) in [5, 5.41) is 5.35. The average Bonchev–Trinajstić information content (AvgIpc) is 3.06. The minimum absolute atomic E-state index is 0.187. The normalized spacial score (nSPS) is 18.6. The predicted octanol–water partition coefficient (Wildman–Crippen LogP) is 2.08. The molecule has 1 unspecified atom stereocenters. The lowest BCUT2D eigenvalue weighted by Gasteiger charge is -2.29. The van der Waals surface area contributed by atoms with E-state index in [9.17, 15) is 13.2 Å². The lowest BCUT2D eigenvalue weighted by molar-refractivity contribution is 0.0993. The molecule has 1 amide bonds. The summed E-state index contributed by atoms with van der Waals surface area (Å²) in [5.41, 5.74) is 0.0319. The van der Waals surface area contributed by atoms with Gasteiger partial charge in [-0.05, 0) is 32.9 Å². The largest absolute Gasteiger partial charge is 0.490 e. The van der Waals surface area contributed by atoms with E-state index < -0.39 is 10.0 Å². The first kappa shape index (κ1) is 17.6. The highest BCUT2D eigenvalue weighted by molar-refractivity contribution is 7.89. The smallest absolute Gasteiger partial charge is 0.410 e. The van der Waals surface area contributed by atoms with Crippen LogP contribution in [-0.2, 0) is 14.8 Å². The van der Waals surface area contributed by atoms with Crippen molar-refractivity contribution in [1.29, 1.82) is 0 Å². The maximum atomic E-state index is 11.9. The Kier molecular flexibility index (Phi) is 4.16. The molecule has 2 aromatic rings. The zero-order chi connectivity index (χ0) is 18.4. The lowest BCUT2D eigenvalue weighted by Crippen LogP contribution is -2.42. The molecule has 2 N–H and O–H groups in total. The van der Waals surface area contributed by atoms with Crippen LogP contribution in [0.15, 0.2) is 33.8 Å². The Morgan fingerprint density at radius 1 is 1.32 bits per heavy atom. The molecule has 0 bridgehead atoms. The maximum Gasteiger partial charge on any atom is 0.410 e. The highest BCUT2D eigenvalue weighted by atomic mass is 32.2. The van der Waals surface area contributed by atoms with E-state index in [1.807, 2.05) is 20.8 Å². The van der Waals surface area contributed by atoms with Gasteiger partial charge in [0, 0.05) is 23.1 Å². The van der Waals surface area contributed by atoms with Gasteiger partial charge in [-0.2, -0.15) is 0 Å². The van der Waals surface area contributed by atoms with Crippen molar-refractivity contribution in [3.63, 3.8) is 0 Å². The van der Waals surface area contributed by atoms with Crippen molar-refractivity contribution in [2.24, 2.45) is 5.14 Å². The monoisotopic (exact) mass is 368 g/mol. The first-order valence-corrected chi connectivity index (χ1v) is 9.26. The molecule has 0 aliphatic carbocycles. The Morgan fingerprint density at radius 2 is 2.04 bits per heavy atom. The van der Waals surface area contributed by atoms with Gasteiger partial charge in [0.05, 0.1) is 6.54 Å². The molecule has 1 aliphatic rings. The number of carbonyl (C=O) groups excluding carboxylic acids is 1. The molecule has 1 aromatic heterocycles. The maximum absolute atomic E-state index is 11.9. The van der Waals surface area contributed by atoms with Crippen LogP contribution in [0.25, 0.3) is 11.0 Å². The van der Waals surface area contributed by atoms with E-state index in [0.29, 0.717) is 23.3 Å². The number of ether oxygens (including phenoxy) is 2. The van der Waals surface area contributed by atoms with Gasteiger partial charge in [0.15, 0.2) is 6.10 Å². The molecular weight excluding hydrogens is 348 g/mol. The standard InChI is InChI=1S/C16H20N2O6S/c1-16(2,3)18-8-12(23-15(18)19)9-22-11-5-4-10-6-14(25(17,20)21)24-13(10)7-11/h4-7,12H,8-9H2,1-3H3,(H2,17,20,21). The van der Waals surface area contributed by atoms with Crippen LogP contribution in [0.2, 0.25) is 0 Å². The number of sulfonamides is 1. The fourth-order valence-corrected chi connectivity index (χ4v) is 3.06. The first-order chi connectivity index (χ1) is 11.5. The lowest BCUT2D eigenvalue weighted by atomic mass is 10.1. The van der Waals surface area contributed by atoms with Crippen LogP contribution in [0.1, 0.15) is 20.8 Å². The highest BCUT2D eigenvalue weighted by Crippen LogP contribution is 2.27. The third kappa shape index (κ3) is 3.72. The van der Waals surface area contributed by atoms with E-state index in [0.717, 1.165) is 0 Å². The van der Waals surface area contributed by atoms with Gasteiger partial charge in [-0.15, -0.1) is 0 Å². The van der Waals surface area contributed by atoms with Gasteiger partial charge in [0.1, 0.15) is 17.9 Å². The summed E-state index contributed by atoms with van der Waals surface area (Å²) in [6.45, 7) is 6.44. The van der Waals surface area contributed by atoms with E-state index in [1.54, 1.807) is 23.1 Å². The average molecular weight is 368 g/mol. The van der Waals surface area contributed by atoms with E-state index in [-0.39, 0.29) is 29.4 Å². The van der Waals surface area contributed by atoms with Crippen molar-refractivity contribution in [2.75, 3.05) is 13.2 Å². The van der Waals surface area contributed by atoms with Crippen LogP contribution in [0.5, 0.6) is 5.75 Å². The van der Waals surface area contributed by atoms with Crippen LogP contribution >= 0.6 is 0 Å². The zero-order valence-corrected chi connectivity index (χ0v) is 15.0. The molecule has 25 heavy (non-hydrogen) atoms. The number of cyclic esters (lactones) is 1. The number of hydrogen-bond acceptors (Lipinski definition) is 6. The highest BCUT2D eigenvalue weighted by Gasteiger charge is 2.38. The summed E-state index contributed by atoms with van der Waals surface area (Å²) < 4.78 is 38.9. The van der Waals surface area contributed by atoms with Crippen molar-refractivity contribution < 1.29 is 27.1 Å². The number of rotatable bonds is 4. The molecule has 9 heteroatoms. The third-order valence-electron chi connectivity index (χ3n) is 3.87. The van der Waals surface area contributed by atoms with Gasteiger partial charge in [-0.3, -0.25) is 4.90 Å². The van der Waals surface area contributed by atoms with Crippen LogP contribution in [0.4, 0.5) is 4.79 Å². The van der Waals surface area contributed by atoms with Gasteiger partial charge in [-0.1, -0.05) is 0 Å². The number of benzene rings is 1. The minimum atomic E-state index is -3.90. The molecule has 1 aromatic carbocycles. The second kappa shape index (κ2) is 5.92. The molecule has 1 saturated heterocycles. The Hall–Kier alpha value is -2.26. The SMILES string of the molecule is CC(C)(C)N1CC(COc2ccc3cc(S(N)(=O)=O)oc3c2)OC1=O. The fourth-order valence-electron chi connectivity index (χ4n) is 2.56. The number of hydrogen-bond donors (Lipinski definition) is 1. The quantitative estimate of drug-likeness (QED) is 0.884. The molecule has 2 heterocycles. The third-order valence-corrected chi connectivity index (χ3v) is 4.63. The second-order valence-electron chi connectivity index (χ2n) is 6.91. The molecule has 1 aliphatic heterocycles. The van der Waals surface area contributed by atoms with Crippen molar-refractivity contribution in [2.45, 2.75) is 37.5 Å². The summed E-state index contributed by atoms with van der Waals surface area (Å²) in [5.74, 6) is 0.480. The number of carbonyl (C=O) groups is 1. The number of amides is 1. The van der Waals surface area contributed by atoms with Gasteiger partial charge in [-0.25, -0.2) is 18.4 Å². The Bertz CT molecular complexity index is 912. The molecule has 136 valence electrons. The molecule has 0 saturated carbocycles. The van der Waals surface area contributed by atoms with E-state index in [4.69, 9.17) is 19.0 Å². The molecule has 0 radical (unpaired) electrons. The molecular formula is C16H20N2O6S. The second-order valence-corrected chi connectivity index (χ2v) is 8.40. The molecule has 3 rings (SSSR count). The van der Waals surface area contributed by atoms with Crippen molar-refractivity contribution in [3.8, 4) is 5.75 Å². The summed E-state index contributed by atoms with van der Waals surface area (Å²) in [4.78, 5) is 13.5. The fraction of sp³-hybridized carbons (Fsp3) is 0.438. The van der Waals surface area contributed by atoms with Crippen molar-refractivity contribution in [3.05, 3.63) is 24.3 Å². The Labute approximate surface area is 145 Å². The van der Waals surface area contributed by atoms with Crippen LogP contribution < -0.4 is 9.88 Å². The topological polar surface area (TPSA) is 112 Å². The summed E-state index contributed by atoms with van der Waals surface area (Å²) in [6, 6.07) is 6.28. The van der Waals surface area contributed by atoms with E-state index >= 15 is 0 Å². The number of primary sulfonamides is 1. The number of furan rings is 1. The van der Waals surface area contributed by atoms with Gasteiger partial charge in [0.25, 0.3) is 10.0 Å². The predicted molar refractivity (Wildman–Crippen MR) is 89.8 cm³/mol. The van der Waals surface area contributed by atoms with Crippen molar-refractivity contribution >= 4 is 27.1 Å². The summed E-state index contributed by atoms with van der Waals surface area (Å²) >= 11 is 0. The zero-order valence-electron chi connectivity index (χ0n) is 14.2. The molecule has 0 spiro atoms.